The largest absolute Gasteiger partial charge is 0.496 e. The SMILES string of the molecule is CCC1(c2ccc(OC)c(C)c2)NC(=O)N(CC(=O)Nc2ccc(F)cn2)C1=O. The lowest BCUT2D eigenvalue weighted by Crippen LogP contribution is -2.44. The molecule has 4 amide bonds. The number of nitrogens with one attached hydrogen (secondary N) is 2. The highest BCUT2D eigenvalue weighted by Crippen LogP contribution is 2.34. The zero-order valence-electron chi connectivity index (χ0n) is 16.3. The number of nitrogens with zero attached hydrogens (tertiary/aromatic N) is 2. The van der Waals surface area contributed by atoms with Gasteiger partial charge in [0.1, 0.15) is 29.5 Å². The topological polar surface area (TPSA) is 101 Å². The molecule has 152 valence electrons. The summed E-state index contributed by atoms with van der Waals surface area (Å²) in [4.78, 5) is 42.5. The van der Waals surface area contributed by atoms with Crippen LogP contribution in [0, 0.1) is 12.7 Å². The summed E-state index contributed by atoms with van der Waals surface area (Å²) >= 11 is 0. The molecule has 0 radical (unpaired) electrons. The number of ether oxygens (including phenoxy) is 1. The molecule has 29 heavy (non-hydrogen) atoms. The van der Waals surface area contributed by atoms with E-state index in [4.69, 9.17) is 4.74 Å². The van der Waals surface area contributed by atoms with Gasteiger partial charge in [0.2, 0.25) is 5.91 Å². The van der Waals surface area contributed by atoms with Gasteiger partial charge in [-0.25, -0.2) is 14.2 Å². The van der Waals surface area contributed by atoms with E-state index in [0.717, 1.165) is 22.7 Å². The predicted molar refractivity (Wildman–Crippen MR) is 103 cm³/mol. The maximum atomic E-state index is 13.1. The Morgan fingerprint density at radius 1 is 1.31 bits per heavy atom. The number of benzene rings is 1. The fourth-order valence-electron chi connectivity index (χ4n) is 3.33. The smallest absolute Gasteiger partial charge is 0.325 e. The highest BCUT2D eigenvalue weighted by Gasteiger charge is 2.51. The van der Waals surface area contributed by atoms with Crippen LogP contribution >= 0.6 is 0 Å². The molecule has 0 aliphatic carbocycles. The third-order valence-electron chi connectivity index (χ3n) is 4.89. The van der Waals surface area contributed by atoms with Crippen LogP contribution in [0.1, 0.15) is 24.5 Å². The molecule has 1 saturated heterocycles. The van der Waals surface area contributed by atoms with Gasteiger partial charge in [-0.15, -0.1) is 0 Å². The molecule has 1 unspecified atom stereocenters. The number of rotatable bonds is 6. The standard InChI is InChI=1S/C20H21FN4O4/c1-4-20(13-5-7-15(29-3)12(2)9-13)18(27)25(19(28)24-20)11-17(26)23-16-8-6-14(21)10-22-16/h5-10H,4,11H2,1-3H3,(H,24,28)(H,22,23,26). The summed E-state index contributed by atoms with van der Waals surface area (Å²) in [5.41, 5.74) is 0.168. The second kappa shape index (κ2) is 7.86. The van der Waals surface area contributed by atoms with Crippen molar-refractivity contribution in [1.29, 1.82) is 0 Å². The normalized spacial score (nSPS) is 18.6. The molecule has 1 aliphatic heterocycles. The number of urea groups is 1. The maximum absolute atomic E-state index is 13.1. The zero-order chi connectivity index (χ0) is 21.2. The summed E-state index contributed by atoms with van der Waals surface area (Å²) in [5.74, 6) is -0.891. The molecule has 1 aromatic heterocycles. The number of amides is 4. The molecule has 0 bridgehead atoms. The van der Waals surface area contributed by atoms with Crippen LogP contribution in [0.4, 0.5) is 15.0 Å². The Bertz CT molecular complexity index is 963. The lowest BCUT2D eigenvalue weighted by atomic mass is 9.86. The van der Waals surface area contributed by atoms with Crippen LogP contribution in [-0.2, 0) is 15.1 Å². The maximum Gasteiger partial charge on any atom is 0.325 e. The summed E-state index contributed by atoms with van der Waals surface area (Å²) in [6, 6.07) is 7.01. The summed E-state index contributed by atoms with van der Waals surface area (Å²) in [7, 11) is 1.55. The first kappa shape index (κ1) is 20.2. The van der Waals surface area contributed by atoms with Crippen LogP contribution in [0.3, 0.4) is 0 Å². The van der Waals surface area contributed by atoms with Gasteiger partial charge in [-0.3, -0.25) is 14.5 Å². The van der Waals surface area contributed by atoms with Gasteiger partial charge in [0.05, 0.1) is 13.3 Å². The number of carbonyl (C=O) groups excluding carboxylic acids is 3. The van der Waals surface area contributed by atoms with Crippen molar-refractivity contribution in [3.05, 3.63) is 53.5 Å². The molecule has 8 nitrogen and oxygen atoms in total. The van der Waals surface area contributed by atoms with Crippen molar-refractivity contribution in [2.45, 2.75) is 25.8 Å². The van der Waals surface area contributed by atoms with E-state index in [2.05, 4.69) is 15.6 Å². The minimum absolute atomic E-state index is 0.121. The number of pyridine rings is 1. The van der Waals surface area contributed by atoms with E-state index in [-0.39, 0.29) is 5.82 Å². The zero-order valence-corrected chi connectivity index (χ0v) is 16.3. The van der Waals surface area contributed by atoms with Crippen LogP contribution in [0.25, 0.3) is 0 Å². The van der Waals surface area contributed by atoms with Gasteiger partial charge in [0.25, 0.3) is 5.91 Å². The summed E-state index contributed by atoms with van der Waals surface area (Å²) in [5, 5.41) is 5.17. The Hall–Kier alpha value is -3.49. The lowest BCUT2D eigenvalue weighted by molar-refractivity contribution is -0.134. The quantitative estimate of drug-likeness (QED) is 0.725. The molecule has 1 atom stereocenters. The number of halogens is 1. The van der Waals surface area contributed by atoms with Gasteiger partial charge in [-0.1, -0.05) is 13.0 Å². The number of hydrogen-bond donors (Lipinski definition) is 2. The third-order valence-corrected chi connectivity index (χ3v) is 4.89. The highest BCUT2D eigenvalue weighted by molar-refractivity contribution is 6.10. The number of anilines is 1. The van der Waals surface area contributed by atoms with Gasteiger partial charge in [0.15, 0.2) is 0 Å². The Balaban J connectivity index is 1.81. The molecule has 9 heteroatoms. The molecule has 3 rings (SSSR count). The van der Waals surface area contributed by atoms with Gasteiger partial charge in [0, 0.05) is 0 Å². The molecule has 0 saturated carbocycles. The average molecular weight is 400 g/mol. The van der Waals surface area contributed by atoms with Crippen molar-refractivity contribution in [3.8, 4) is 5.75 Å². The van der Waals surface area contributed by atoms with Gasteiger partial charge >= 0.3 is 6.03 Å². The van der Waals surface area contributed by atoms with Crippen LogP contribution in [-0.4, -0.2) is 41.4 Å². The molecule has 1 aromatic carbocycles. The number of aryl methyl sites for hydroxylation is 1. The monoisotopic (exact) mass is 400 g/mol. The van der Waals surface area contributed by atoms with Gasteiger partial charge in [-0.2, -0.15) is 0 Å². The van der Waals surface area contributed by atoms with E-state index in [1.807, 2.05) is 6.92 Å². The van der Waals surface area contributed by atoms with E-state index in [9.17, 15) is 18.8 Å². The fourth-order valence-corrected chi connectivity index (χ4v) is 3.33. The Morgan fingerprint density at radius 3 is 2.66 bits per heavy atom. The van der Waals surface area contributed by atoms with E-state index in [1.54, 1.807) is 32.2 Å². The molecule has 2 heterocycles. The van der Waals surface area contributed by atoms with Gasteiger partial charge < -0.3 is 15.4 Å². The molecule has 1 fully saturated rings. The highest BCUT2D eigenvalue weighted by atomic mass is 19.1. The molecular formula is C20H21FN4O4. The van der Waals surface area contributed by atoms with Crippen LogP contribution in [0.2, 0.25) is 0 Å². The Morgan fingerprint density at radius 2 is 2.07 bits per heavy atom. The summed E-state index contributed by atoms with van der Waals surface area (Å²) in [6.07, 6.45) is 1.26. The van der Waals surface area contributed by atoms with Crippen molar-refractivity contribution in [2.24, 2.45) is 0 Å². The fraction of sp³-hybridized carbons (Fsp3) is 0.300. The lowest BCUT2D eigenvalue weighted by Gasteiger charge is -2.26. The number of imide groups is 1. The van der Waals surface area contributed by atoms with Crippen molar-refractivity contribution in [1.82, 2.24) is 15.2 Å². The van der Waals surface area contributed by atoms with Crippen LogP contribution < -0.4 is 15.4 Å². The first-order valence-electron chi connectivity index (χ1n) is 9.01. The minimum atomic E-state index is -1.26. The van der Waals surface area contributed by atoms with Crippen LogP contribution in [0.15, 0.2) is 36.5 Å². The van der Waals surface area contributed by atoms with E-state index in [0.29, 0.717) is 17.7 Å². The number of hydrogen-bond acceptors (Lipinski definition) is 5. The summed E-state index contributed by atoms with van der Waals surface area (Å²) < 4.78 is 18.2. The molecular weight excluding hydrogens is 379 g/mol. The second-order valence-electron chi connectivity index (χ2n) is 6.67. The molecule has 0 spiro atoms. The van der Waals surface area contributed by atoms with E-state index in [1.165, 1.54) is 6.07 Å². The molecule has 1 aliphatic rings. The molecule has 2 aromatic rings. The van der Waals surface area contributed by atoms with Crippen molar-refractivity contribution >= 4 is 23.7 Å². The Kier molecular flexibility index (Phi) is 5.49. The third kappa shape index (κ3) is 3.75. The van der Waals surface area contributed by atoms with Crippen molar-refractivity contribution in [2.75, 3.05) is 19.0 Å². The van der Waals surface area contributed by atoms with E-state index < -0.39 is 35.7 Å². The first-order chi connectivity index (χ1) is 13.8. The van der Waals surface area contributed by atoms with E-state index >= 15 is 0 Å². The number of carbonyl (C=O) groups is 3. The number of aromatic nitrogens is 1. The van der Waals surface area contributed by atoms with Crippen LogP contribution in [0.5, 0.6) is 5.75 Å². The molecule has 2 N–H and O–H groups in total. The second-order valence-corrected chi connectivity index (χ2v) is 6.67. The first-order valence-corrected chi connectivity index (χ1v) is 9.01. The summed E-state index contributed by atoms with van der Waals surface area (Å²) in [6.45, 7) is 3.14. The predicted octanol–water partition coefficient (Wildman–Crippen LogP) is 2.33. The van der Waals surface area contributed by atoms with Crippen molar-refractivity contribution in [3.63, 3.8) is 0 Å². The number of methoxy groups -OCH3 is 1. The van der Waals surface area contributed by atoms with Gasteiger partial charge in [-0.05, 0) is 48.7 Å². The van der Waals surface area contributed by atoms with Crippen molar-refractivity contribution < 1.29 is 23.5 Å². The minimum Gasteiger partial charge on any atom is -0.496 e. The Labute approximate surface area is 167 Å². The average Bonchev–Trinajstić information content (AvgIpc) is 2.94.